The third kappa shape index (κ3) is 4.28. The summed E-state index contributed by atoms with van der Waals surface area (Å²) in [5, 5.41) is 10.1. The van der Waals surface area contributed by atoms with Crippen LogP contribution in [0.2, 0.25) is 5.02 Å². The maximum absolute atomic E-state index is 13.1. The van der Waals surface area contributed by atoms with E-state index in [2.05, 4.69) is 6.07 Å². The largest absolute Gasteiger partial charge is 0.396 e. The van der Waals surface area contributed by atoms with Gasteiger partial charge in [0.05, 0.1) is 0 Å². The first-order valence-electron chi connectivity index (χ1n) is 9.32. The van der Waals surface area contributed by atoms with Crippen LogP contribution in [-0.2, 0) is 12.8 Å². The van der Waals surface area contributed by atoms with Gasteiger partial charge in [0.15, 0.2) is 0 Å². The normalized spacial score (nSPS) is 14.6. The van der Waals surface area contributed by atoms with Gasteiger partial charge in [0.2, 0.25) is 0 Å². The van der Waals surface area contributed by atoms with Gasteiger partial charge < -0.3 is 10.0 Å². The van der Waals surface area contributed by atoms with Gasteiger partial charge in [0, 0.05) is 36.7 Å². The summed E-state index contributed by atoms with van der Waals surface area (Å²) in [5.74, 6) is 0.159. The summed E-state index contributed by atoms with van der Waals surface area (Å²) in [4.78, 5) is 14.9. The molecule has 0 radical (unpaired) electrons. The first-order chi connectivity index (χ1) is 12.6. The molecule has 1 aliphatic rings. The number of hydrogen-bond donors (Lipinski definition) is 1. The van der Waals surface area contributed by atoms with Gasteiger partial charge in [0.1, 0.15) is 0 Å². The Morgan fingerprint density at radius 2 is 1.88 bits per heavy atom. The molecule has 3 nitrogen and oxygen atoms in total. The smallest absolute Gasteiger partial charge is 0.253 e. The molecule has 1 amide bonds. The number of carbonyl (C=O) groups excluding carboxylic acids is 1. The van der Waals surface area contributed by atoms with Crippen molar-refractivity contribution in [1.29, 1.82) is 0 Å². The van der Waals surface area contributed by atoms with Gasteiger partial charge in [-0.15, -0.1) is 0 Å². The molecule has 4 heteroatoms. The molecular formula is C22H26ClNO2. The van der Waals surface area contributed by atoms with Crippen molar-refractivity contribution in [3.63, 3.8) is 0 Å². The second kappa shape index (κ2) is 8.70. The molecular weight excluding hydrogens is 346 g/mol. The average Bonchev–Trinajstić information content (AvgIpc) is 2.67. The summed E-state index contributed by atoms with van der Waals surface area (Å²) in [7, 11) is 1.85. The fraction of sp³-hybridized carbons (Fsp3) is 0.409. The number of aliphatic hydroxyl groups is 1. The zero-order valence-electron chi connectivity index (χ0n) is 15.2. The molecule has 26 heavy (non-hydrogen) atoms. The molecule has 0 aromatic heterocycles. The standard InChI is InChI=1S/C22H26ClNO2/c1-24(15-18(13-14-25)16-9-11-19(23)12-10-16)22(26)21-8-4-6-17-5-2-3-7-20(17)21/h4,6,8-12,18,25H,2-3,5,7,13-15H2,1H3. The maximum atomic E-state index is 13.1. The number of halogens is 1. The molecule has 0 fully saturated rings. The van der Waals surface area contributed by atoms with Crippen LogP contribution in [-0.4, -0.2) is 36.1 Å². The number of likely N-dealkylation sites (N-methyl/N-ethyl adjacent to an activating group) is 1. The van der Waals surface area contributed by atoms with E-state index < -0.39 is 0 Å². The van der Waals surface area contributed by atoms with Crippen molar-refractivity contribution in [3.8, 4) is 0 Å². The minimum atomic E-state index is 0.0700. The first kappa shape index (κ1) is 18.9. The highest BCUT2D eigenvalue weighted by Crippen LogP contribution is 2.27. The summed E-state index contributed by atoms with van der Waals surface area (Å²) >= 11 is 5.98. The Hall–Kier alpha value is -1.84. The summed E-state index contributed by atoms with van der Waals surface area (Å²) in [6, 6.07) is 13.8. The van der Waals surface area contributed by atoms with E-state index in [0.29, 0.717) is 18.0 Å². The van der Waals surface area contributed by atoms with Crippen LogP contribution in [0.5, 0.6) is 0 Å². The van der Waals surface area contributed by atoms with E-state index in [0.717, 1.165) is 30.4 Å². The lowest BCUT2D eigenvalue weighted by Gasteiger charge is -2.26. The number of amides is 1. The summed E-state index contributed by atoms with van der Waals surface area (Å²) in [6.45, 7) is 0.667. The Morgan fingerprint density at radius 3 is 2.62 bits per heavy atom. The molecule has 1 unspecified atom stereocenters. The molecule has 2 aromatic carbocycles. The molecule has 0 saturated heterocycles. The molecule has 0 saturated carbocycles. The molecule has 1 atom stereocenters. The van der Waals surface area contributed by atoms with E-state index in [1.807, 2.05) is 43.4 Å². The van der Waals surface area contributed by atoms with Gasteiger partial charge in [-0.25, -0.2) is 0 Å². The van der Waals surface area contributed by atoms with Crippen LogP contribution in [0.1, 0.15) is 52.2 Å². The van der Waals surface area contributed by atoms with Gasteiger partial charge in [0.25, 0.3) is 5.91 Å². The highest BCUT2D eigenvalue weighted by molar-refractivity contribution is 6.30. The number of nitrogens with zero attached hydrogens (tertiary/aromatic N) is 1. The molecule has 0 aliphatic heterocycles. The third-order valence-corrected chi connectivity index (χ3v) is 5.54. The number of hydrogen-bond acceptors (Lipinski definition) is 2. The predicted octanol–water partition coefficient (Wildman–Crippen LogP) is 4.46. The van der Waals surface area contributed by atoms with Crippen molar-refractivity contribution < 1.29 is 9.90 Å². The fourth-order valence-corrected chi connectivity index (χ4v) is 3.98. The van der Waals surface area contributed by atoms with Crippen LogP contribution >= 0.6 is 11.6 Å². The van der Waals surface area contributed by atoms with Crippen LogP contribution in [0.25, 0.3) is 0 Å². The summed E-state index contributed by atoms with van der Waals surface area (Å²) < 4.78 is 0. The van der Waals surface area contributed by atoms with E-state index in [4.69, 9.17) is 11.6 Å². The Bertz CT molecular complexity index is 757. The Kier molecular flexibility index (Phi) is 6.33. The van der Waals surface area contributed by atoms with Crippen molar-refractivity contribution in [3.05, 3.63) is 69.7 Å². The average molecular weight is 372 g/mol. The lowest BCUT2D eigenvalue weighted by atomic mass is 9.87. The van der Waals surface area contributed by atoms with Gasteiger partial charge in [-0.2, -0.15) is 0 Å². The second-order valence-corrected chi connectivity index (χ2v) is 7.53. The molecule has 0 spiro atoms. The summed E-state index contributed by atoms with van der Waals surface area (Å²) in [5.41, 5.74) is 4.47. The van der Waals surface area contributed by atoms with Gasteiger partial charge in [-0.05, 0) is 67.0 Å². The van der Waals surface area contributed by atoms with Gasteiger partial charge in [-0.3, -0.25) is 4.79 Å². The summed E-state index contributed by atoms with van der Waals surface area (Å²) in [6.07, 6.45) is 5.03. The van der Waals surface area contributed by atoms with E-state index in [9.17, 15) is 9.90 Å². The number of carbonyl (C=O) groups is 1. The van der Waals surface area contributed by atoms with Crippen molar-refractivity contribution in [2.24, 2.45) is 0 Å². The van der Waals surface area contributed by atoms with Crippen LogP contribution < -0.4 is 0 Å². The van der Waals surface area contributed by atoms with E-state index in [1.165, 1.54) is 17.5 Å². The van der Waals surface area contributed by atoms with Crippen LogP contribution in [0.15, 0.2) is 42.5 Å². The van der Waals surface area contributed by atoms with Gasteiger partial charge >= 0.3 is 0 Å². The molecule has 0 heterocycles. The minimum absolute atomic E-state index is 0.0700. The topological polar surface area (TPSA) is 40.5 Å². The van der Waals surface area contributed by atoms with E-state index >= 15 is 0 Å². The Morgan fingerprint density at radius 1 is 1.15 bits per heavy atom. The quantitative estimate of drug-likeness (QED) is 0.814. The van der Waals surface area contributed by atoms with Crippen LogP contribution in [0.4, 0.5) is 0 Å². The number of rotatable bonds is 6. The highest BCUT2D eigenvalue weighted by atomic mass is 35.5. The molecule has 3 rings (SSSR count). The molecule has 0 bridgehead atoms. The lowest BCUT2D eigenvalue weighted by Crippen LogP contribution is -2.32. The van der Waals surface area contributed by atoms with E-state index in [1.54, 1.807) is 4.90 Å². The number of benzene rings is 2. The van der Waals surface area contributed by atoms with Gasteiger partial charge in [-0.1, -0.05) is 35.9 Å². The molecule has 1 N–H and O–H groups in total. The highest BCUT2D eigenvalue weighted by Gasteiger charge is 2.22. The molecule has 1 aliphatic carbocycles. The van der Waals surface area contributed by atoms with Crippen molar-refractivity contribution in [2.45, 2.75) is 38.0 Å². The minimum Gasteiger partial charge on any atom is -0.396 e. The zero-order chi connectivity index (χ0) is 18.5. The zero-order valence-corrected chi connectivity index (χ0v) is 16.0. The SMILES string of the molecule is CN(CC(CCO)c1ccc(Cl)cc1)C(=O)c1cccc2c1CCCC2. The van der Waals surface area contributed by atoms with Crippen LogP contribution in [0.3, 0.4) is 0 Å². The van der Waals surface area contributed by atoms with Crippen molar-refractivity contribution in [1.82, 2.24) is 4.90 Å². The Balaban J connectivity index is 1.78. The fourth-order valence-electron chi connectivity index (χ4n) is 3.85. The van der Waals surface area contributed by atoms with E-state index in [-0.39, 0.29) is 18.4 Å². The monoisotopic (exact) mass is 371 g/mol. The third-order valence-electron chi connectivity index (χ3n) is 5.29. The lowest BCUT2D eigenvalue weighted by molar-refractivity contribution is 0.0779. The molecule has 138 valence electrons. The van der Waals surface area contributed by atoms with Crippen molar-refractivity contribution in [2.75, 3.05) is 20.2 Å². The molecule has 2 aromatic rings. The Labute approximate surface area is 160 Å². The maximum Gasteiger partial charge on any atom is 0.253 e. The van der Waals surface area contributed by atoms with Crippen molar-refractivity contribution >= 4 is 17.5 Å². The predicted molar refractivity (Wildman–Crippen MR) is 106 cm³/mol. The number of fused-ring (bicyclic) bond motifs is 1. The second-order valence-electron chi connectivity index (χ2n) is 7.10. The first-order valence-corrected chi connectivity index (χ1v) is 9.70. The van der Waals surface area contributed by atoms with Crippen LogP contribution in [0, 0.1) is 0 Å². The number of aliphatic hydroxyl groups excluding tert-OH is 1. The number of aryl methyl sites for hydroxylation is 1.